The Bertz CT molecular complexity index is 1870. The van der Waals surface area contributed by atoms with Crippen molar-refractivity contribution in [3.63, 3.8) is 0 Å². The zero-order valence-corrected chi connectivity index (χ0v) is 24.9. The van der Waals surface area contributed by atoms with Crippen LogP contribution in [-0.4, -0.2) is 53.4 Å². The van der Waals surface area contributed by atoms with E-state index in [4.69, 9.17) is 37.8 Å². The maximum atomic E-state index is 16.2. The molecular formula is C33H31Cl2FN4O4. The lowest BCUT2D eigenvalue weighted by atomic mass is 9.73. The highest BCUT2D eigenvalue weighted by Gasteiger charge is 2.69. The number of fused-ring (bicyclic) bond motifs is 7. The zero-order chi connectivity index (χ0) is 29.8. The normalized spacial score (nSPS) is 25.0. The summed E-state index contributed by atoms with van der Waals surface area (Å²) in [5.41, 5.74) is 2.35. The topological polar surface area (TPSA) is 85.7 Å². The van der Waals surface area contributed by atoms with Crippen LogP contribution in [0.15, 0.2) is 48.5 Å². The van der Waals surface area contributed by atoms with E-state index in [0.717, 1.165) is 29.5 Å². The number of rotatable bonds is 5. The molecule has 3 aliphatic heterocycles. The summed E-state index contributed by atoms with van der Waals surface area (Å²) in [5.74, 6) is -1.13. The molecule has 4 heterocycles. The van der Waals surface area contributed by atoms with Crippen LogP contribution < -0.4 is 10.1 Å². The molecule has 1 aliphatic carbocycles. The molecule has 2 fully saturated rings. The second kappa shape index (κ2) is 10.2. The van der Waals surface area contributed by atoms with Crippen LogP contribution in [0.25, 0.3) is 10.9 Å². The van der Waals surface area contributed by atoms with Gasteiger partial charge in [-0.25, -0.2) is 9.18 Å². The largest absolute Gasteiger partial charge is 0.496 e. The number of nitrogens with one attached hydrogen (secondary N) is 1. The molecule has 1 saturated carbocycles. The van der Waals surface area contributed by atoms with Gasteiger partial charge in [0.05, 0.1) is 30.8 Å². The van der Waals surface area contributed by atoms with Gasteiger partial charge in [0.15, 0.2) is 0 Å². The van der Waals surface area contributed by atoms with E-state index in [1.54, 1.807) is 30.3 Å². The Morgan fingerprint density at radius 2 is 1.95 bits per heavy atom. The maximum Gasteiger partial charge on any atom is 0.341 e. The van der Waals surface area contributed by atoms with Crippen molar-refractivity contribution >= 4 is 51.7 Å². The molecule has 8 nitrogen and oxygen atoms in total. The SMILES string of the molecule is C.COC(=O)c1cc2nn3c(c2cc1OC)C[C@H]1[C@@H]3[C@H](c2cccc(Cl)c2F)[C@]2(C(=O)Nc3cc(Cl)ccc32)N1CC1CC1. The van der Waals surface area contributed by atoms with Gasteiger partial charge < -0.3 is 14.8 Å². The van der Waals surface area contributed by atoms with Gasteiger partial charge in [-0.1, -0.05) is 48.8 Å². The molecular weight excluding hydrogens is 606 g/mol. The average Bonchev–Trinajstić information content (AvgIpc) is 3.45. The number of nitrogens with zero attached hydrogens (tertiary/aromatic N) is 3. The third-order valence-electron chi connectivity index (χ3n) is 9.71. The van der Waals surface area contributed by atoms with Gasteiger partial charge in [-0.3, -0.25) is 14.4 Å². The van der Waals surface area contributed by atoms with Gasteiger partial charge in [-0.2, -0.15) is 5.10 Å². The van der Waals surface area contributed by atoms with Crippen LogP contribution in [0.5, 0.6) is 5.75 Å². The van der Waals surface area contributed by atoms with Crippen LogP contribution in [0, 0.1) is 11.7 Å². The fourth-order valence-corrected chi connectivity index (χ4v) is 8.17. The van der Waals surface area contributed by atoms with Crippen LogP contribution in [0.3, 0.4) is 0 Å². The first kappa shape index (κ1) is 29.1. The van der Waals surface area contributed by atoms with E-state index in [2.05, 4.69) is 10.2 Å². The van der Waals surface area contributed by atoms with Crippen molar-refractivity contribution in [3.05, 3.63) is 86.8 Å². The Morgan fingerprint density at radius 3 is 2.68 bits per heavy atom. The third kappa shape index (κ3) is 3.82. The highest BCUT2D eigenvalue weighted by Crippen LogP contribution is 2.64. The van der Waals surface area contributed by atoms with E-state index < -0.39 is 29.3 Å². The highest BCUT2D eigenvalue weighted by atomic mass is 35.5. The van der Waals surface area contributed by atoms with Crippen LogP contribution in [-0.2, 0) is 21.5 Å². The van der Waals surface area contributed by atoms with Gasteiger partial charge in [-0.15, -0.1) is 0 Å². The quantitative estimate of drug-likeness (QED) is 0.244. The van der Waals surface area contributed by atoms with Gasteiger partial charge >= 0.3 is 5.97 Å². The molecule has 1 N–H and O–H groups in total. The lowest BCUT2D eigenvalue weighted by Crippen LogP contribution is -2.53. The van der Waals surface area contributed by atoms with Gasteiger partial charge in [0.25, 0.3) is 0 Å². The van der Waals surface area contributed by atoms with Crippen molar-refractivity contribution in [1.29, 1.82) is 0 Å². The van der Waals surface area contributed by atoms with Crippen molar-refractivity contribution in [3.8, 4) is 5.75 Å². The summed E-state index contributed by atoms with van der Waals surface area (Å²) >= 11 is 12.8. The fourth-order valence-electron chi connectivity index (χ4n) is 7.81. The molecule has 3 aromatic carbocycles. The molecule has 0 bridgehead atoms. The average molecular weight is 638 g/mol. The summed E-state index contributed by atoms with van der Waals surface area (Å²) in [7, 11) is 2.82. The molecule has 8 rings (SSSR count). The number of esters is 1. The molecule has 1 saturated heterocycles. The third-order valence-corrected chi connectivity index (χ3v) is 10.2. The van der Waals surface area contributed by atoms with Crippen LogP contribution in [0.4, 0.5) is 10.1 Å². The minimum Gasteiger partial charge on any atom is -0.496 e. The Kier molecular flexibility index (Phi) is 6.73. The molecule has 4 aliphatic rings. The Hall–Kier alpha value is -3.66. The van der Waals surface area contributed by atoms with Crippen molar-refractivity contribution in [2.24, 2.45) is 5.92 Å². The first-order valence-corrected chi connectivity index (χ1v) is 15.0. The number of likely N-dealkylation sites (tertiary alicyclic amines) is 1. The van der Waals surface area contributed by atoms with Crippen LogP contribution in [0.2, 0.25) is 10.0 Å². The number of carbonyl (C=O) groups is 2. The second-order valence-electron chi connectivity index (χ2n) is 11.8. The summed E-state index contributed by atoms with van der Waals surface area (Å²) in [6.07, 6.45) is 2.73. The van der Waals surface area contributed by atoms with Gasteiger partial charge in [0.2, 0.25) is 5.91 Å². The number of carbonyl (C=O) groups excluding carboxylic acids is 2. The molecule has 228 valence electrons. The van der Waals surface area contributed by atoms with Gasteiger partial charge in [0.1, 0.15) is 22.7 Å². The standard InChI is InChI=1S/C32H27Cl2FN4O4.CH4/c1-42-26-12-18-22(11-19(26)30(40)43-2)37-39-24(18)13-25-29(39)27(17-4-3-5-21(34)28(17)35)32(38(25)14-15-6-7-15)20-9-8-16(33)10-23(20)36-31(32)41;/h3-5,8-12,15,25,27,29H,6-7,13-14H2,1-2H3,(H,36,41);1H4/t25-,27-,29+,32+;/m0./s1. The predicted molar refractivity (Wildman–Crippen MR) is 166 cm³/mol. The Labute approximate surface area is 264 Å². The van der Waals surface area contributed by atoms with E-state index in [9.17, 15) is 9.59 Å². The zero-order valence-electron chi connectivity index (χ0n) is 23.4. The summed E-state index contributed by atoms with van der Waals surface area (Å²) in [6.45, 7) is 0.688. The molecule has 44 heavy (non-hydrogen) atoms. The number of anilines is 1. The van der Waals surface area contributed by atoms with E-state index in [1.165, 1.54) is 20.3 Å². The number of hydrogen-bond donors (Lipinski definition) is 1. The number of aromatic nitrogens is 2. The number of ether oxygens (including phenoxy) is 2. The second-order valence-corrected chi connectivity index (χ2v) is 12.7. The predicted octanol–water partition coefficient (Wildman–Crippen LogP) is 6.74. The highest BCUT2D eigenvalue weighted by molar-refractivity contribution is 6.31. The Balaban J connectivity index is 0.00000312. The molecule has 4 atom stereocenters. The Morgan fingerprint density at radius 1 is 1.16 bits per heavy atom. The monoisotopic (exact) mass is 636 g/mol. The molecule has 0 unspecified atom stereocenters. The van der Waals surface area contributed by atoms with Crippen molar-refractivity contribution in [2.45, 2.75) is 50.2 Å². The molecule has 1 amide bonds. The molecule has 4 aromatic rings. The summed E-state index contributed by atoms with van der Waals surface area (Å²) in [5, 5.41) is 9.45. The maximum absolute atomic E-state index is 16.2. The number of benzene rings is 3. The van der Waals surface area contributed by atoms with Crippen LogP contribution >= 0.6 is 23.2 Å². The van der Waals surface area contributed by atoms with E-state index in [-0.39, 0.29) is 30.0 Å². The van der Waals surface area contributed by atoms with Gasteiger partial charge in [-0.05, 0) is 54.7 Å². The number of halogens is 3. The molecule has 1 spiro atoms. The van der Waals surface area contributed by atoms with Crippen molar-refractivity contribution < 1.29 is 23.5 Å². The fraction of sp³-hybridized carbons (Fsp3) is 0.364. The lowest BCUT2D eigenvalue weighted by molar-refractivity contribution is -0.128. The smallest absolute Gasteiger partial charge is 0.341 e. The summed E-state index contributed by atoms with van der Waals surface area (Å²) in [6, 6.07) is 13.3. The number of hydrogen-bond acceptors (Lipinski definition) is 6. The lowest BCUT2D eigenvalue weighted by Gasteiger charge is -2.40. The van der Waals surface area contributed by atoms with Crippen molar-refractivity contribution in [1.82, 2.24) is 14.7 Å². The summed E-state index contributed by atoms with van der Waals surface area (Å²) in [4.78, 5) is 29.3. The summed E-state index contributed by atoms with van der Waals surface area (Å²) < 4.78 is 28.7. The minimum atomic E-state index is -1.21. The first-order valence-electron chi connectivity index (χ1n) is 14.3. The minimum absolute atomic E-state index is 0. The molecule has 1 aromatic heterocycles. The first-order chi connectivity index (χ1) is 20.8. The molecule has 0 radical (unpaired) electrons. The van der Waals surface area contributed by atoms with E-state index in [0.29, 0.717) is 46.4 Å². The van der Waals surface area contributed by atoms with E-state index in [1.807, 2.05) is 16.8 Å². The number of methoxy groups -OCH3 is 2. The van der Waals surface area contributed by atoms with Crippen LogP contribution in [0.1, 0.15) is 59.4 Å². The number of amides is 1. The van der Waals surface area contributed by atoms with Crippen molar-refractivity contribution in [2.75, 3.05) is 26.1 Å². The van der Waals surface area contributed by atoms with Gasteiger partial charge in [0, 0.05) is 52.3 Å². The molecule has 11 heteroatoms. The van der Waals surface area contributed by atoms with E-state index >= 15 is 4.39 Å².